The van der Waals surface area contributed by atoms with Crippen LogP contribution in [0.2, 0.25) is 0 Å². The molecule has 1 aromatic heterocycles. The van der Waals surface area contributed by atoms with Crippen molar-refractivity contribution in [3.63, 3.8) is 0 Å². The number of hydrogen-bond donors (Lipinski definition) is 2. The Bertz CT molecular complexity index is 586. The lowest BCUT2D eigenvalue weighted by atomic mass is 9.99. The summed E-state index contributed by atoms with van der Waals surface area (Å²) in [6, 6.07) is 3.73. The minimum absolute atomic E-state index is 0.174. The normalized spacial score (nSPS) is 19.1. The number of phenols is 1. The van der Waals surface area contributed by atoms with Gasteiger partial charge in [-0.1, -0.05) is 13.8 Å². The van der Waals surface area contributed by atoms with Crippen molar-refractivity contribution in [1.82, 2.24) is 4.98 Å². The largest absolute Gasteiger partial charge is 0.508 e. The van der Waals surface area contributed by atoms with Gasteiger partial charge in [-0.15, -0.1) is 0 Å². The third-order valence-corrected chi connectivity index (χ3v) is 3.86. The van der Waals surface area contributed by atoms with E-state index in [1.807, 2.05) is 12.1 Å². The van der Waals surface area contributed by atoms with Gasteiger partial charge in [-0.25, -0.2) is 0 Å². The van der Waals surface area contributed by atoms with Crippen molar-refractivity contribution in [2.75, 3.05) is 6.61 Å². The summed E-state index contributed by atoms with van der Waals surface area (Å²) < 4.78 is 5.79. The molecule has 0 bridgehead atoms. The number of aromatic nitrogens is 1. The summed E-state index contributed by atoms with van der Waals surface area (Å²) in [5.41, 5.74) is 4.88. The third kappa shape index (κ3) is 1.62. The minimum Gasteiger partial charge on any atom is -0.508 e. The zero-order valence-electron chi connectivity index (χ0n) is 10.9. The number of H-pyrrole nitrogens is 1. The number of aromatic hydroxyl groups is 1. The maximum atomic E-state index is 9.84. The number of nitrogens with one attached hydrogen (secondary N) is 1. The number of aromatic amines is 1. The molecule has 0 aliphatic carbocycles. The topological polar surface area (TPSA) is 45.2 Å². The van der Waals surface area contributed by atoms with Crippen LogP contribution >= 0.6 is 0 Å². The molecule has 0 spiro atoms. The average Bonchev–Trinajstić information content (AvgIpc) is 2.76. The molecule has 1 unspecified atom stereocenters. The predicted molar refractivity (Wildman–Crippen MR) is 72.0 cm³/mol. The van der Waals surface area contributed by atoms with E-state index in [0.717, 1.165) is 25.9 Å². The summed E-state index contributed by atoms with van der Waals surface area (Å²) in [5.74, 6) is 0.362. The Labute approximate surface area is 107 Å². The highest BCUT2D eigenvalue weighted by Gasteiger charge is 2.24. The van der Waals surface area contributed by atoms with Crippen LogP contribution in [-0.4, -0.2) is 16.7 Å². The first kappa shape index (κ1) is 11.6. The molecule has 0 amide bonds. The Morgan fingerprint density at radius 3 is 2.94 bits per heavy atom. The lowest BCUT2D eigenvalue weighted by Crippen LogP contribution is -2.14. The van der Waals surface area contributed by atoms with Crippen LogP contribution in [0.3, 0.4) is 0 Å². The number of ether oxygens (including phenoxy) is 1. The summed E-state index contributed by atoms with van der Waals surface area (Å²) in [5, 5.41) is 11.0. The maximum absolute atomic E-state index is 9.84. The van der Waals surface area contributed by atoms with Crippen LogP contribution in [0.1, 0.15) is 43.2 Å². The fraction of sp³-hybridized carbons (Fsp3) is 0.467. The van der Waals surface area contributed by atoms with Crippen molar-refractivity contribution in [1.29, 1.82) is 0 Å². The van der Waals surface area contributed by atoms with Crippen LogP contribution in [0, 0.1) is 0 Å². The Balaban J connectivity index is 2.28. The number of phenolic OH excluding ortho intramolecular Hbond substituents is 1. The second-order valence-electron chi connectivity index (χ2n) is 4.92. The van der Waals surface area contributed by atoms with Crippen LogP contribution in [0.25, 0.3) is 10.9 Å². The molecule has 3 heteroatoms. The molecule has 0 saturated carbocycles. The summed E-state index contributed by atoms with van der Waals surface area (Å²) in [6.45, 7) is 5.03. The molecule has 0 saturated heterocycles. The molecule has 0 radical (unpaired) electrons. The van der Waals surface area contributed by atoms with Gasteiger partial charge < -0.3 is 14.8 Å². The lowest BCUT2D eigenvalue weighted by molar-refractivity contribution is 0.0377. The Morgan fingerprint density at radius 1 is 1.39 bits per heavy atom. The second kappa shape index (κ2) is 4.32. The number of rotatable bonds is 2. The van der Waals surface area contributed by atoms with Crippen molar-refractivity contribution in [2.45, 2.75) is 39.2 Å². The smallest absolute Gasteiger partial charge is 0.116 e. The van der Waals surface area contributed by atoms with Gasteiger partial charge in [0.2, 0.25) is 0 Å². The predicted octanol–water partition coefficient (Wildman–Crippen LogP) is 3.46. The first-order valence-corrected chi connectivity index (χ1v) is 6.72. The number of benzene rings is 1. The Kier molecular flexibility index (Phi) is 2.78. The SMILES string of the molecule is CCc1cc(O)cc2c3c([nH]c12)C(CC)OCC3. The molecule has 3 nitrogen and oxygen atoms in total. The molecule has 2 N–H and O–H groups in total. The molecule has 96 valence electrons. The molecule has 0 fully saturated rings. The number of aryl methyl sites for hydroxylation is 1. The van der Waals surface area contributed by atoms with Crippen molar-refractivity contribution in [3.05, 3.63) is 29.0 Å². The second-order valence-corrected chi connectivity index (χ2v) is 4.92. The highest BCUT2D eigenvalue weighted by Crippen LogP contribution is 2.37. The maximum Gasteiger partial charge on any atom is 0.116 e. The van der Waals surface area contributed by atoms with E-state index in [4.69, 9.17) is 4.74 Å². The van der Waals surface area contributed by atoms with Crippen molar-refractivity contribution < 1.29 is 9.84 Å². The first-order chi connectivity index (χ1) is 8.74. The van der Waals surface area contributed by atoms with Gasteiger partial charge in [0.05, 0.1) is 12.7 Å². The van der Waals surface area contributed by atoms with Crippen LogP contribution < -0.4 is 0 Å². The standard InChI is InChI=1S/C15H19NO2/c1-3-9-7-10(17)8-12-11-5-6-18-13(4-2)15(11)16-14(9)12/h7-8,13,16-17H,3-6H2,1-2H3. The Morgan fingerprint density at radius 2 is 2.22 bits per heavy atom. The van der Waals surface area contributed by atoms with E-state index in [9.17, 15) is 5.11 Å². The summed E-state index contributed by atoms with van der Waals surface area (Å²) in [4.78, 5) is 3.53. The van der Waals surface area contributed by atoms with Crippen molar-refractivity contribution in [3.8, 4) is 5.75 Å². The van der Waals surface area contributed by atoms with Gasteiger partial charge in [0, 0.05) is 16.6 Å². The van der Waals surface area contributed by atoms with E-state index < -0.39 is 0 Å². The van der Waals surface area contributed by atoms with E-state index in [0.29, 0.717) is 5.75 Å². The van der Waals surface area contributed by atoms with Crippen LogP contribution in [0.4, 0.5) is 0 Å². The van der Waals surface area contributed by atoms with Crippen LogP contribution in [0.15, 0.2) is 12.1 Å². The fourth-order valence-corrected chi connectivity index (χ4v) is 2.96. The molecule has 1 atom stereocenters. The molecular formula is C15H19NO2. The van der Waals surface area contributed by atoms with E-state index in [1.54, 1.807) is 0 Å². The zero-order valence-corrected chi connectivity index (χ0v) is 10.9. The summed E-state index contributed by atoms with van der Waals surface area (Å²) in [7, 11) is 0. The number of hydrogen-bond acceptors (Lipinski definition) is 2. The Hall–Kier alpha value is -1.48. The van der Waals surface area contributed by atoms with Crippen LogP contribution in [0.5, 0.6) is 5.75 Å². The van der Waals surface area contributed by atoms with Gasteiger partial charge in [-0.3, -0.25) is 0 Å². The zero-order chi connectivity index (χ0) is 12.7. The number of fused-ring (bicyclic) bond motifs is 3. The lowest BCUT2D eigenvalue weighted by Gasteiger charge is -2.22. The fourth-order valence-electron chi connectivity index (χ4n) is 2.96. The third-order valence-electron chi connectivity index (χ3n) is 3.86. The van der Waals surface area contributed by atoms with Crippen LogP contribution in [-0.2, 0) is 17.6 Å². The quantitative estimate of drug-likeness (QED) is 0.851. The average molecular weight is 245 g/mol. The molecule has 18 heavy (non-hydrogen) atoms. The highest BCUT2D eigenvalue weighted by atomic mass is 16.5. The molecule has 2 heterocycles. The molecule has 1 aromatic carbocycles. The van der Waals surface area contributed by atoms with E-state index in [1.165, 1.54) is 27.7 Å². The molecule has 1 aliphatic heterocycles. The molecular weight excluding hydrogens is 226 g/mol. The van der Waals surface area contributed by atoms with Gasteiger partial charge in [-0.05, 0) is 42.5 Å². The highest BCUT2D eigenvalue weighted by molar-refractivity contribution is 5.89. The van der Waals surface area contributed by atoms with Gasteiger partial charge >= 0.3 is 0 Å². The summed E-state index contributed by atoms with van der Waals surface area (Å²) in [6.07, 6.45) is 3.00. The molecule has 3 rings (SSSR count). The molecule has 1 aliphatic rings. The van der Waals surface area contributed by atoms with E-state index in [2.05, 4.69) is 18.8 Å². The van der Waals surface area contributed by atoms with Crippen molar-refractivity contribution in [2.24, 2.45) is 0 Å². The van der Waals surface area contributed by atoms with Gasteiger partial charge in [0.15, 0.2) is 0 Å². The molecule has 2 aromatic rings. The monoisotopic (exact) mass is 245 g/mol. The van der Waals surface area contributed by atoms with Gasteiger partial charge in [0.1, 0.15) is 5.75 Å². The summed E-state index contributed by atoms with van der Waals surface area (Å²) >= 11 is 0. The van der Waals surface area contributed by atoms with Gasteiger partial charge in [-0.2, -0.15) is 0 Å². The van der Waals surface area contributed by atoms with E-state index in [-0.39, 0.29) is 6.10 Å². The van der Waals surface area contributed by atoms with Gasteiger partial charge in [0.25, 0.3) is 0 Å². The first-order valence-electron chi connectivity index (χ1n) is 6.72. The van der Waals surface area contributed by atoms with E-state index >= 15 is 0 Å². The minimum atomic E-state index is 0.174. The van der Waals surface area contributed by atoms with Crippen molar-refractivity contribution >= 4 is 10.9 Å².